The molecule has 0 radical (unpaired) electrons. The average Bonchev–Trinajstić information content (AvgIpc) is 3.33. The van der Waals surface area contributed by atoms with Crippen molar-refractivity contribution in [1.29, 1.82) is 0 Å². The zero-order valence-corrected chi connectivity index (χ0v) is 48.1. The van der Waals surface area contributed by atoms with Crippen LogP contribution in [0.25, 0.3) is 0 Å². The minimum absolute atomic E-state index is 0.00673. The molecule has 0 aliphatic heterocycles. The van der Waals surface area contributed by atoms with E-state index in [4.69, 9.17) is 9.05 Å². The fourth-order valence-electron chi connectivity index (χ4n) is 8.50. The Morgan fingerprint density at radius 2 is 0.873 bits per heavy atom. The lowest BCUT2D eigenvalue weighted by Gasteiger charge is -2.29. The molecule has 71 heavy (non-hydrogen) atoms. The molecule has 1 amide bonds. The van der Waals surface area contributed by atoms with E-state index in [0.29, 0.717) is 17.4 Å². The summed E-state index contributed by atoms with van der Waals surface area (Å²) in [5, 5.41) is 13.7. The van der Waals surface area contributed by atoms with E-state index in [2.05, 4.69) is 79.9 Å². The molecule has 0 heterocycles. The molecule has 3 atom stereocenters. The quantitative estimate of drug-likeness (QED) is 0.0272. The molecule has 2 N–H and O–H groups in total. The number of carbonyl (C=O) groups excluding carboxylic acids is 1. The summed E-state index contributed by atoms with van der Waals surface area (Å²) in [6.07, 6.45) is 73.4. The van der Waals surface area contributed by atoms with E-state index in [0.717, 1.165) is 64.2 Å². The molecule has 0 aliphatic carbocycles. The molecule has 0 aromatic carbocycles. The molecule has 0 bridgehead atoms. The predicted octanol–water partition coefficient (Wildman–Crippen LogP) is 17.6. The van der Waals surface area contributed by atoms with Gasteiger partial charge in [-0.1, -0.05) is 267 Å². The number of allylic oxidation sites excluding steroid dienone is 11. The number of aliphatic hydroxyl groups is 1. The molecule has 8 nitrogen and oxygen atoms in total. The van der Waals surface area contributed by atoms with Gasteiger partial charge >= 0.3 is 0 Å². The van der Waals surface area contributed by atoms with Gasteiger partial charge in [0, 0.05) is 6.42 Å². The Morgan fingerprint density at radius 1 is 0.507 bits per heavy atom. The van der Waals surface area contributed by atoms with Gasteiger partial charge in [-0.25, -0.2) is 0 Å². The smallest absolute Gasteiger partial charge is 0.268 e. The number of likely N-dealkylation sites (N-methyl/N-ethyl adjacent to an activating group) is 1. The Bertz CT molecular complexity index is 1380. The van der Waals surface area contributed by atoms with E-state index < -0.39 is 26.6 Å². The molecule has 0 aromatic rings. The number of amides is 1. The molecule has 3 unspecified atom stereocenters. The second kappa shape index (κ2) is 52.8. The van der Waals surface area contributed by atoms with Crippen LogP contribution >= 0.6 is 7.82 Å². The van der Waals surface area contributed by atoms with Crippen LogP contribution in [0, 0.1) is 0 Å². The number of aliphatic hydroxyl groups excluding tert-OH is 1. The highest BCUT2D eigenvalue weighted by Gasteiger charge is 2.23. The Morgan fingerprint density at radius 3 is 1.31 bits per heavy atom. The topological polar surface area (TPSA) is 108 Å². The van der Waals surface area contributed by atoms with Gasteiger partial charge in [0.25, 0.3) is 7.82 Å². The maximum Gasteiger partial charge on any atom is 0.268 e. The monoisotopic (exact) mass is 1010 g/mol. The van der Waals surface area contributed by atoms with Crippen molar-refractivity contribution in [1.82, 2.24) is 5.32 Å². The van der Waals surface area contributed by atoms with E-state index in [1.54, 1.807) is 6.08 Å². The second-order valence-corrected chi connectivity index (χ2v) is 22.7. The Kier molecular flexibility index (Phi) is 51.3. The molecule has 9 heteroatoms. The number of hydrogen-bond donors (Lipinski definition) is 2. The van der Waals surface area contributed by atoms with Crippen molar-refractivity contribution in [3.63, 3.8) is 0 Å². The molecule has 0 aromatic heterocycles. The lowest BCUT2D eigenvalue weighted by molar-refractivity contribution is -0.870. The van der Waals surface area contributed by atoms with Crippen molar-refractivity contribution >= 4 is 13.7 Å². The van der Waals surface area contributed by atoms with Gasteiger partial charge in [0.2, 0.25) is 5.91 Å². The SMILES string of the molecule is CC/C=C\C/C=C\C/C=C\C/C=C\CCCCCCCCCCCCCCCCCCCCCCCCCCCCCCC(=O)NC(COP(=O)([O-])OCC[N+](C)(C)C)C(O)/C=C/CC/C=C/CCCC. The van der Waals surface area contributed by atoms with Crippen LogP contribution < -0.4 is 10.2 Å². The van der Waals surface area contributed by atoms with Crippen LogP contribution in [-0.2, 0) is 18.4 Å². The van der Waals surface area contributed by atoms with Gasteiger partial charge in [-0.2, -0.15) is 0 Å². The van der Waals surface area contributed by atoms with Crippen molar-refractivity contribution < 1.29 is 32.9 Å². The lowest BCUT2D eigenvalue weighted by Crippen LogP contribution is -2.45. The highest BCUT2D eigenvalue weighted by Crippen LogP contribution is 2.38. The van der Waals surface area contributed by atoms with E-state index in [1.165, 1.54) is 180 Å². The predicted molar refractivity (Wildman–Crippen MR) is 307 cm³/mol. The number of phosphoric acid groups is 1. The van der Waals surface area contributed by atoms with Crippen LogP contribution in [0.4, 0.5) is 0 Å². The van der Waals surface area contributed by atoms with E-state index in [1.807, 2.05) is 27.2 Å². The third-order valence-corrected chi connectivity index (χ3v) is 14.1. The third kappa shape index (κ3) is 55.5. The molecular weight excluding hydrogens is 900 g/mol. The first kappa shape index (κ1) is 68.9. The summed E-state index contributed by atoms with van der Waals surface area (Å²) in [6, 6.07) is -0.900. The fraction of sp³-hybridized carbons (Fsp3) is 0.790. The number of hydrogen-bond acceptors (Lipinski definition) is 6. The first-order valence-electron chi connectivity index (χ1n) is 29.8. The zero-order valence-electron chi connectivity index (χ0n) is 47.2. The van der Waals surface area contributed by atoms with Gasteiger partial charge in [0.1, 0.15) is 13.2 Å². The minimum atomic E-state index is -4.59. The highest BCUT2D eigenvalue weighted by molar-refractivity contribution is 7.45. The van der Waals surface area contributed by atoms with E-state index in [9.17, 15) is 19.4 Å². The van der Waals surface area contributed by atoms with Crippen molar-refractivity contribution in [2.24, 2.45) is 0 Å². The van der Waals surface area contributed by atoms with Crippen LogP contribution in [-0.4, -0.2) is 68.5 Å². The van der Waals surface area contributed by atoms with Crippen LogP contribution in [0.5, 0.6) is 0 Å². The van der Waals surface area contributed by atoms with Crippen molar-refractivity contribution in [2.45, 2.75) is 276 Å². The summed E-state index contributed by atoms with van der Waals surface area (Å²) >= 11 is 0. The van der Waals surface area contributed by atoms with Gasteiger partial charge in [0.05, 0.1) is 39.9 Å². The lowest BCUT2D eigenvalue weighted by atomic mass is 10.0. The summed E-state index contributed by atoms with van der Waals surface area (Å²) in [5.41, 5.74) is 0. The largest absolute Gasteiger partial charge is 0.756 e. The van der Waals surface area contributed by atoms with Crippen LogP contribution in [0.15, 0.2) is 72.9 Å². The fourth-order valence-corrected chi connectivity index (χ4v) is 9.22. The first-order valence-corrected chi connectivity index (χ1v) is 31.3. The zero-order chi connectivity index (χ0) is 52.0. The normalized spacial score (nSPS) is 14.4. The van der Waals surface area contributed by atoms with Crippen molar-refractivity contribution in [2.75, 3.05) is 40.9 Å². The molecule has 0 rings (SSSR count). The summed E-state index contributed by atoms with van der Waals surface area (Å²) < 4.78 is 23.2. The van der Waals surface area contributed by atoms with Gasteiger partial charge < -0.3 is 28.8 Å². The number of unbranched alkanes of at least 4 members (excludes halogenated alkanes) is 31. The third-order valence-electron chi connectivity index (χ3n) is 13.2. The highest BCUT2D eigenvalue weighted by atomic mass is 31.2. The van der Waals surface area contributed by atoms with Crippen molar-refractivity contribution in [3.8, 4) is 0 Å². The second-order valence-electron chi connectivity index (χ2n) is 21.3. The Balaban J connectivity index is 3.75. The summed E-state index contributed by atoms with van der Waals surface area (Å²) in [4.78, 5) is 25.3. The van der Waals surface area contributed by atoms with Gasteiger partial charge in [0.15, 0.2) is 0 Å². The molecule has 0 aliphatic rings. The number of quaternary nitrogens is 1. The van der Waals surface area contributed by atoms with E-state index in [-0.39, 0.29) is 12.5 Å². The number of carbonyl (C=O) groups is 1. The number of phosphoric ester groups is 1. The maximum absolute atomic E-state index is 12.9. The maximum atomic E-state index is 12.9. The minimum Gasteiger partial charge on any atom is -0.756 e. The molecule has 0 fully saturated rings. The summed E-state index contributed by atoms with van der Waals surface area (Å²) in [5.74, 6) is -0.208. The molecule has 0 saturated heterocycles. The van der Waals surface area contributed by atoms with Gasteiger partial charge in [-0.15, -0.1) is 0 Å². The number of rotatable bonds is 54. The summed E-state index contributed by atoms with van der Waals surface area (Å²) in [6.45, 7) is 4.44. The van der Waals surface area contributed by atoms with Gasteiger partial charge in [-0.3, -0.25) is 9.36 Å². The number of nitrogens with zero attached hydrogens (tertiary/aromatic N) is 1. The molecule has 0 spiro atoms. The number of nitrogens with one attached hydrogen (secondary N) is 1. The molecule has 414 valence electrons. The average molecular weight is 1020 g/mol. The Labute approximate surface area is 440 Å². The van der Waals surface area contributed by atoms with E-state index >= 15 is 0 Å². The molecular formula is C62H115N2O6P. The Hall–Kier alpha value is -2.06. The van der Waals surface area contributed by atoms with Crippen molar-refractivity contribution in [3.05, 3.63) is 72.9 Å². The van der Waals surface area contributed by atoms with Crippen LogP contribution in [0.2, 0.25) is 0 Å². The van der Waals surface area contributed by atoms with Crippen LogP contribution in [0.3, 0.4) is 0 Å². The molecule has 0 saturated carbocycles. The summed E-state index contributed by atoms with van der Waals surface area (Å²) in [7, 11) is 1.24. The van der Waals surface area contributed by atoms with Gasteiger partial charge in [-0.05, 0) is 64.2 Å². The standard InChI is InChI=1S/C62H115N2O6P/c1-6-8-10-12-14-16-17-18-19-20-21-22-23-24-25-26-27-28-29-30-31-32-33-34-35-36-37-38-39-40-41-42-43-44-45-46-47-48-50-52-54-56-62(66)63-60(59-70-71(67,68)69-58-57-64(3,4)5)61(65)55-53-51-49-15-13-11-9-7-2/h8,10,13-16,18-19,21-22,53,55,60-61,65H,6-7,9,11-12,17,20,23-52,54,56-59H2,1-5H3,(H-,63,66,67,68)/b10-8-,15-13+,16-14-,19-18-,22-21-,55-53+. The van der Waals surface area contributed by atoms with Crippen LogP contribution in [0.1, 0.15) is 264 Å². The first-order chi connectivity index (χ1) is 34.5.